The van der Waals surface area contributed by atoms with Gasteiger partial charge in [0.1, 0.15) is 23.9 Å². The number of sulfone groups is 1. The number of methoxy groups -OCH3 is 2. The number of rotatable bonds is 25. The van der Waals surface area contributed by atoms with Crippen LogP contribution in [0.2, 0.25) is 0 Å². The molecule has 2 saturated heterocycles. The number of nitrogens with zero attached hydrogens (tertiary/aromatic N) is 4. The largest absolute Gasteiger partial charge is 0.480 e. The Morgan fingerprint density at radius 2 is 1.62 bits per heavy atom. The van der Waals surface area contributed by atoms with Crippen molar-refractivity contribution < 1.29 is 56.6 Å². The van der Waals surface area contributed by atoms with Crippen molar-refractivity contribution in [2.24, 2.45) is 29.6 Å². The number of ether oxygens (including phenoxy) is 2. The van der Waals surface area contributed by atoms with Gasteiger partial charge in [-0.05, 0) is 54.9 Å². The fraction of sp³-hybridized carbons (Fsp3) is 0.694. The highest BCUT2D eigenvalue weighted by Crippen LogP contribution is 2.47. The van der Waals surface area contributed by atoms with Crippen LogP contribution in [0.3, 0.4) is 0 Å². The molecule has 2 bridgehead atoms. The number of likely N-dealkylation sites (tertiary alicyclic amines) is 2. The Morgan fingerprint density at radius 3 is 2.19 bits per heavy atom. The maximum absolute atomic E-state index is 14.7. The Balaban J connectivity index is 1.48. The third-order valence-electron chi connectivity index (χ3n) is 14.7. The highest BCUT2D eigenvalue weighted by molar-refractivity contribution is 7.94. The molecule has 0 spiro atoms. The zero-order valence-electron chi connectivity index (χ0n) is 41.6. The van der Waals surface area contributed by atoms with Crippen LogP contribution in [0.5, 0.6) is 0 Å². The van der Waals surface area contributed by atoms with Gasteiger partial charge in [-0.1, -0.05) is 84.9 Å². The lowest BCUT2D eigenvalue weighted by Crippen LogP contribution is -2.60. The first-order valence-corrected chi connectivity index (χ1v) is 25.6. The second-order valence-electron chi connectivity index (χ2n) is 19.4. The number of aliphatic carboxylic acids is 1. The predicted octanol–water partition coefficient (Wildman–Crippen LogP) is 2.89. The van der Waals surface area contributed by atoms with Gasteiger partial charge in [-0.2, -0.15) is 0 Å². The van der Waals surface area contributed by atoms with Crippen LogP contribution in [0, 0.1) is 29.6 Å². The van der Waals surface area contributed by atoms with Crippen LogP contribution in [-0.4, -0.2) is 170 Å². The summed E-state index contributed by atoms with van der Waals surface area (Å²) >= 11 is 0. The second kappa shape index (κ2) is 24.6. The molecule has 4 rings (SSSR count). The van der Waals surface area contributed by atoms with Crippen LogP contribution < -0.4 is 10.6 Å². The number of benzene rings is 1. The molecule has 0 radical (unpaired) electrons. The van der Waals surface area contributed by atoms with Gasteiger partial charge >= 0.3 is 5.97 Å². The normalized spacial score (nSPS) is 23.2. The van der Waals surface area contributed by atoms with E-state index in [1.807, 2.05) is 40.7 Å². The van der Waals surface area contributed by atoms with Gasteiger partial charge in [0.05, 0.1) is 36.6 Å². The first-order valence-electron chi connectivity index (χ1n) is 23.9. The molecule has 1 aromatic carbocycles. The van der Waals surface area contributed by atoms with Gasteiger partial charge in [0.2, 0.25) is 35.4 Å². The van der Waals surface area contributed by atoms with Crippen molar-refractivity contribution in [3.05, 3.63) is 47.9 Å². The number of amides is 6. The monoisotopic (exact) mass is 973 g/mol. The third kappa shape index (κ3) is 13.3. The number of nitrogens with one attached hydrogen (secondary N) is 2. The molecule has 3 fully saturated rings. The fourth-order valence-corrected chi connectivity index (χ4v) is 11.3. The number of carbonyl (C=O) groups is 7. The molecule has 2 heterocycles. The summed E-state index contributed by atoms with van der Waals surface area (Å²) in [4.78, 5) is 102. The molecule has 6 amide bonds. The molecule has 19 heteroatoms. The van der Waals surface area contributed by atoms with Gasteiger partial charge in [-0.25, -0.2) is 13.2 Å². The maximum atomic E-state index is 14.7. The van der Waals surface area contributed by atoms with Crippen LogP contribution in [0.15, 0.2) is 42.3 Å². The van der Waals surface area contributed by atoms with E-state index in [0.29, 0.717) is 32.2 Å². The highest BCUT2D eigenvalue weighted by Gasteiger charge is 2.56. The first-order chi connectivity index (χ1) is 32.0. The molecule has 3 aliphatic rings. The molecule has 18 nitrogen and oxygen atoms in total. The van der Waals surface area contributed by atoms with Gasteiger partial charge < -0.3 is 44.8 Å². The molecule has 1 aromatic rings. The van der Waals surface area contributed by atoms with Gasteiger partial charge in [-0.3, -0.25) is 28.8 Å². The summed E-state index contributed by atoms with van der Waals surface area (Å²) in [5, 5.41) is 16.4. The summed E-state index contributed by atoms with van der Waals surface area (Å²) in [6.45, 7) is 14.9. The summed E-state index contributed by atoms with van der Waals surface area (Å²) in [6.07, 6.45) is 1.62. The highest BCUT2D eigenvalue weighted by atomic mass is 32.2. The lowest BCUT2D eigenvalue weighted by atomic mass is 9.89. The molecular formula is C49H76N6O12S. The van der Waals surface area contributed by atoms with Crippen molar-refractivity contribution in [2.45, 2.75) is 141 Å². The number of piperidine rings is 1. The van der Waals surface area contributed by atoms with Crippen molar-refractivity contribution in [3.63, 3.8) is 0 Å². The van der Waals surface area contributed by atoms with E-state index in [0.717, 1.165) is 17.4 Å². The Hall–Kier alpha value is -4.88. The molecule has 2 aliphatic heterocycles. The molecule has 68 heavy (non-hydrogen) atoms. The number of carbonyl (C=O) groups excluding carboxylic acids is 6. The molecule has 12 atom stereocenters. The number of hydrogen-bond acceptors (Lipinski definition) is 11. The van der Waals surface area contributed by atoms with E-state index in [1.54, 1.807) is 52.9 Å². The quantitative estimate of drug-likeness (QED) is 0.129. The minimum atomic E-state index is -3.79. The SMILES string of the molecule is C=CS(=O)(=O)CC(=O)N(C)CCC(=O)N1[C@H](C(=O)N[C@H](C(=O)N(C)[C@@H]([C@@H](C)CC)[C@@H](CC(=O)N2CCC[C@H]2[C@H](OC)[C@@H](C)C(=O)N[C@@H](Cc2ccccc2)C(=O)O)OC)C(C)C)[C@H]2CC[C@H]1[C@H]2C. The number of carboxylic acid groups (broad SMARTS) is 1. The zero-order valence-corrected chi connectivity index (χ0v) is 42.4. The third-order valence-corrected chi connectivity index (χ3v) is 15.9. The van der Waals surface area contributed by atoms with Crippen molar-refractivity contribution >= 4 is 51.2 Å². The van der Waals surface area contributed by atoms with Crippen LogP contribution in [0.4, 0.5) is 0 Å². The summed E-state index contributed by atoms with van der Waals surface area (Å²) < 4.78 is 35.8. The standard InChI is InChI=1S/C49H76N6O12S/c1-12-30(5)43(38(66-10)27-40(57)54-24-17-20-37(54)45(67-11)32(7)46(59)50-35(49(62)63)26-33-18-15-14-16-19-33)53(9)48(61)42(29(3)4)51-47(60)44-34-21-22-36(31(34)6)55(44)39(56)23-25-52(8)41(58)28-68(64,65)13-2/h13-16,18-19,29-32,34-38,42-45H,2,12,17,20-28H2,1,3-11H3,(H,50,59)(H,51,60)(H,62,63)/t30-,31-,32+,34-,35-,36-,37-,38+,42-,43-,44-,45+/m0/s1. The molecular weight excluding hydrogens is 897 g/mol. The number of hydrogen-bond donors (Lipinski definition) is 3. The van der Waals surface area contributed by atoms with Crippen molar-refractivity contribution in [1.82, 2.24) is 30.2 Å². The summed E-state index contributed by atoms with van der Waals surface area (Å²) in [5.41, 5.74) is 0.756. The average Bonchev–Trinajstić information content (AvgIpc) is 4.02. The van der Waals surface area contributed by atoms with Crippen LogP contribution in [0.1, 0.15) is 92.1 Å². The fourth-order valence-electron chi connectivity index (χ4n) is 10.6. The van der Waals surface area contributed by atoms with E-state index in [-0.39, 0.29) is 73.2 Å². The minimum absolute atomic E-state index is 0.0152. The zero-order chi connectivity index (χ0) is 50.8. The maximum Gasteiger partial charge on any atom is 0.326 e. The van der Waals surface area contributed by atoms with Crippen LogP contribution >= 0.6 is 0 Å². The van der Waals surface area contributed by atoms with Gasteiger partial charge in [0.25, 0.3) is 0 Å². The summed E-state index contributed by atoms with van der Waals surface area (Å²) in [5.74, 6) is -6.04. The lowest BCUT2D eigenvalue weighted by molar-refractivity contribution is -0.149. The van der Waals surface area contributed by atoms with Crippen LogP contribution in [0.25, 0.3) is 0 Å². The van der Waals surface area contributed by atoms with Crippen molar-refractivity contribution in [2.75, 3.05) is 47.2 Å². The summed E-state index contributed by atoms with van der Waals surface area (Å²) in [6, 6.07) is 4.68. The van der Waals surface area contributed by atoms with E-state index in [9.17, 15) is 47.1 Å². The smallest absolute Gasteiger partial charge is 0.326 e. The van der Waals surface area contributed by atoms with Gasteiger partial charge in [0, 0.05) is 65.7 Å². The number of fused-ring (bicyclic) bond motifs is 2. The molecule has 1 saturated carbocycles. The van der Waals surface area contributed by atoms with Crippen molar-refractivity contribution in [1.29, 1.82) is 0 Å². The Bertz CT molecular complexity index is 2070. The van der Waals surface area contributed by atoms with Crippen LogP contribution in [-0.2, 0) is 59.3 Å². The Labute approximate surface area is 402 Å². The molecule has 380 valence electrons. The molecule has 0 unspecified atom stereocenters. The first kappa shape index (κ1) is 55.7. The lowest BCUT2D eigenvalue weighted by Gasteiger charge is -2.41. The van der Waals surface area contributed by atoms with Gasteiger partial charge in [0.15, 0.2) is 9.84 Å². The predicted molar refractivity (Wildman–Crippen MR) is 255 cm³/mol. The minimum Gasteiger partial charge on any atom is -0.480 e. The van der Waals surface area contributed by atoms with E-state index in [2.05, 4.69) is 17.2 Å². The second-order valence-corrected chi connectivity index (χ2v) is 21.3. The van der Waals surface area contributed by atoms with Gasteiger partial charge in [-0.15, -0.1) is 0 Å². The number of likely N-dealkylation sites (N-methyl/N-ethyl adjacent to an activating group) is 1. The van der Waals surface area contributed by atoms with E-state index >= 15 is 0 Å². The number of carboxylic acids is 1. The van der Waals surface area contributed by atoms with Crippen molar-refractivity contribution in [3.8, 4) is 0 Å². The Morgan fingerprint density at radius 1 is 0.956 bits per heavy atom. The topological polar surface area (TPSA) is 229 Å². The molecule has 1 aliphatic carbocycles. The Kier molecular flexibility index (Phi) is 20.2. The summed E-state index contributed by atoms with van der Waals surface area (Å²) in [7, 11) is 2.23. The van der Waals surface area contributed by atoms with E-state index in [1.165, 1.54) is 26.2 Å². The average molecular weight is 973 g/mol. The molecule has 3 N–H and O–H groups in total. The molecule has 0 aromatic heterocycles. The van der Waals surface area contributed by atoms with E-state index in [4.69, 9.17) is 9.47 Å². The van der Waals surface area contributed by atoms with E-state index < -0.39 is 87.6 Å².